The van der Waals surface area contributed by atoms with Crippen molar-refractivity contribution in [1.82, 2.24) is 9.78 Å². The van der Waals surface area contributed by atoms with Crippen LogP contribution in [0.15, 0.2) is 30.5 Å². The fraction of sp³-hybridized carbons (Fsp3) is 0.353. The highest BCUT2D eigenvalue weighted by molar-refractivity contribution is 6.03. The number of hydrogen-bond acceptors (Lipinski definition) is 3. The van der Waals surface area contributed by atoms with Crippen LogP contribution in [0.25, 0.3) is 0 Å². The number of nitrogens with one attached hydrogen (secondary N) is 1. The van der Waals surface area contributed by atoms with Crippen LogP contribution in [0, 0.1) is 19.8 Å². The number of amides is 2. The molecule has 0 radical (unpaired) electrons. The average Bonchev–Trinajstić information content (AvgIpc) is 3.08. The lowest BCUT2D eigenvalue weighted by Crippen LogP contribution is -2.28. The van der Waals surface area contributed by atoms with Crippen LogP contribution in [0.4, 0.5) is 11.5 Å². The minimum Gasteiger partial charge on any atom is -0.311 e. The molecule has 6 nitrogen and oxygen atoms in total. The molecule has 1 aliphatic heterocycles. The van der Waals surface area contributed by atoms with Crippen molar-refractivity contribution in [2.24, 2.45) is 13.0 Å². The van der Waals surface area contributed by atoms with Gasteiger partial charge in [0.25, 0.3) is 0 Å². The lowest BCUT2D eigenvalue weighted by molar-refractivity contribution is -0.122. The van der Waals surface area contributed by atoms with Gasteiger partial charge in [0.15, 0.2) is 5.82 Å². The van der Waals surface area contributed by atoms with Crippen molar-refractivity contribution in [3.8, 4) is 0 Å². The normalized spacial score (nSPS) is 17.6. The van der Waals surface area contributed by atoms with Gasteiger partial charge >= 0.3 is 0 Å². The molecular formula is C17H20N4O2. The molecule has 3 rings (SSSR count). The molecule has 1 aromatic carbocycles. The highest BCUT2D eigenvalue weighted by Gasteiger charge is 2.35. The molecule has 6 heteroatoms. The first-order chi connectivity index (χ1) is 11.0. The molecule has 23 heavy (non-hydrogen) atoms. The second-order valence-electron chi connectivity index (χ2n) is 5.99. The van der Waals surface area contributed by atoms with Gasteiger partial charge < -0.3 is 10.2 Å². The molecule has 2 heterocycles. The Labute approximate surface area is 135 Å². The number of nitrogens with zero attached hydrogens (tertiary/aromatic N) is 3. The topological polar surface area (TPSA) is 67.2 Å². The molecule has 0 saturated carbocycles. The quantitative estimate of drug-likeness (QED) is 0.943. The summed E-state index contributed by atoms with van der Waals surface area (Å²) in [5.41, 5.74) is 3.10. The molecule has 0 unspecified atom stereocenters. The van der Waals surface area contributed by atoms with Crippen molar-refractivity contribution in [2.75, 3.05) is 16.8 Å². The summed E-state index contributed by atoms with van der Waals surface area (Å²) in [5, 5.41) is 6.90. The van der Waals surface area contributed by atoms with E-state index in [1.165, 1.54) is 0 Å². The largest absolute Gasteiger partial charge is 0.311 e. The molecule has 1 fully saturated rings. The number of hydrogen-bond donors (Lipinski definition) is 1. The number of anilines is 2. The van der Waals surface area contributed by atoms with Gasteiger partial charge in [-0.3, -0.25) is 14.3 Å². The number of rotatable bonds is 3. The van der Waals surface area contributed by atoms with Crippen molar-refractivity contribution in [3.63, 3.8) is 0 Å². The molecule has 2 aromatic rings. The molecular weight excluding hydrogens is 292 g/mol. The Hall–Kier alpha value is -2.63. The van der Waals surface area contributed by atoms with Crippen molar-refractivity contribution >= 4 is 23.3 Å². The summed E-state index contributed by atoms with van der Waals surface area (Å²) in [4.78, 5) is 26.4. The SMILES string of the molecule is Cc1cccc(N2C[C@@H](C(=O)Nc3ccn(C)n3)CC2=O)c1C. The maximum absolute atomic E-state index is 12.4. The van der Waals surface area contributed by atoms with Crippen molar-refractivity contribution in [1.29, 1.82) is 0 Å². The third kappa shape index (κ3) is 2.97. The third-order valence-electron chi connectivity index (χ3n) is 4.33. The van der Waals surface area contributed by atoms with Gasteiger partial charge in [-0.2, -0.15) is 5.10 Å². The first-order valence-corrected chi connectivity index (χ1v) is 7.63. The summed E-state index contributed by atoms with van der Waals surface area (Å²) in [6, 6.07) is 7.62. The molecule has 1 saturated heterocycles. The monoisotopic (exact) mass is 312 g/mol. The zero-order valence-corrected chi connectivity index (χ0v) is 13.5. The number of aromatic nitrogens is 2. The Morgan fingerprint density at radius 2 is 2.09 bits per heavy atom. The third-order valence-corrected chi connectivity index (χ3v) is 4.33. The summed E-state index contributed by atoms with van der Waals surface area (Å²) in [7, 11) is 1.79. The minimum absolute atomic E-state index is 0.0140. The van der Waals surface area contributed by atoms with E-state index in [4.69, 9.17) is 0 Å². The minimum atomic E-state index is -0.357. The predicted molar refractivity (Wildman–Crippen MR) is 88.2 cm³/mol. The Morgan fingerprint density at radius 1 is 1.30 bits per heavy atom. The highest BCUT2D eigenvalue weighted by Crippen LogP contribution is 2.29. The summed E-state index contributed by atoms with van der Waals surface area (Å²) in [6.07, 6.45) is 1.99. The van der Waals surface area contributed by atoms with E-state index in [1.54, 1.807) is 28.9 Å². The van der Waals surface area contributed by atoms with Crippen molar-refractivity contribution < 1.29 is 9.59 Å². The van der Waals surface area contributed by atoms with E-state index in [2.05, 4.69) is 10.4 Å². The molecule has 1 atom stereocenters. The number of carbonyl (C=O) groups is 2. The van der Waals surface area contributed by atoms with Crippen LogP contribution in [-0.4, -0.2) is 28.1 Å². The van der Waals surface area contributed by atoms with Crippen LogP contribution in [0.2, 0.25) is 0 Å². The fourth-order valence-electron chi connectivity index (χ4n) is 2.85. The molecule has 1 aliphatic rings. The molecule has 0 bridgehead atoms. The molecule has 1 N–H and O–H groups in total. The maximum atomic E-state index is 12.4. The van der Waals surface area contributed by atoms with Crippen LogP contribution in [-0.2, 0) is 16.6 Å². The molecule has 1 aromatic heterocycles. The summed E-state index contributed by atoms with van der Waals surface area (Å²) >= 11 is 0. The maximum Gasteiger partial charge on any atom is 0.231 e. The van der Waals surface area contributed by atoms with E-state index < -0.39 is 0 Å². The second kappa shape index (κ2) is 5.87. The lowest BCUT2D eigenvalue weighted by atomic mass is 10.1. The molecule has 120 valence electrons. The zero-order valence-electron chi connectivity index (χ0n) is 13.5. The van der Waals surface area contributed by atoms with Gasteiger partial charge in [0.05, 0.1) is 5.92 Å². The van der Waals surface area contributed by atoms with E-state index in [-0.39, 0.29) is 24.2 Å². The van der Waals surface area contributed by atoms with E-state index in [0.717, 1.165) is 16.8 Å². The lowest BCUT2D eigenvalue weighted by Gasteiger charge is -2.20. The summed E-state index contributed by atoms with van der Waals surface area (Å²) in [5.74, 6) is -0.0238. The van der Waals surface area contributed by atoms with E-state index in [0.29, 0.717) is 12.4 Å². The van der Waals surface area contributed by atoms with Gasteiger partial charge in [-0.05, 0) is 31.0 Å². The van der Waals surface area contributed by atoms with Gasteiger partial charge in [0, 0.05) is 38.0 Å². The Balaban J connectivity index is 1.74. The van der Waals surface area contributed by atoms with Crippen LogP contribution >= 0.6 is 0 Å². The number of aryl methyl sites for hydroxylation is 2. The first kappa shape index (κ1) is 15.3. The van der Waals surface area contributed by atoms with Crippen molar-refractivity contribution in [2.45, 2.75) is 20.3 Å². The van der Waals surface area contributed by atoms with Gasteiger partial charge in [0.2, 0.25) is 11.8 Å². The second-order valence-corrected chi connectivity index (χ2v) is 5.99. The van der Waals surface area contributed by atoms with Crippen LogP contribution in [0.1, 0.15) is 17.5 Å². The van der Waals surface area contributed by atoms with Gasteiger partial charge in [-0.25, -0.2) is 0 Å². The van der Waals surface area contributed by atoms with Gasteiger partial charge in [0.1, 0.15) is 0 Å². The van der Waals surface area contributed by atoms with E-state index >= 15 is 0 Å². The van der Waals surface area contributed by atoms with E-state index in [1.807, 2.05) is 32.0 Å². The van der Waals surface area contributed by atoms with Gasteiger partial charge in [-0.1, -0.05) is 12.1 Å². The van der Waals surface area contributed by atoms with E-state index in [9.17, 15) is 9.59 Å². The predicted octanol–water partition coefficient (Wildman–Crippen LogP) is 2.03. The standard InChI is InChI=1S/C17H20N4O2/c1-11-5-4-6-14(12(11)2)21-10-13(9-16(21)22)17(23)18-15-7-8-20(3)19-15/h4-8,13H,9-10H2,1-3H3,(H,18,19,23)/t13-/m0/s1. The average molecular weight is 312 g/mol. The summed E-state index contributed by atoms with van der Waals surface area (Å²) in [6.45, 7) is 4.42. The van der Waals surface area contributed by atoms with Crippen LogP contribution in [0.3, 0.4) is 0 Å². The zero-order chi connectivity index (χ0) is 16.6. The molecule has 0 aliphatic carbocycles. The smallest absolute Gasteiger partial charge is 0.231 e. The summed E-state index contributed by atoms with van der Waals surface area (Å²) < 4.78 is 1.62. The number of benzene rings is 1. The Bertz CT molecular complexity index is 766. The van der Waals surface area contributed by atoms with Crippen LogP contribution in [0.5, 0.6) is 0 Å². The Kier molecular flexibility index (Phi) is 3.90. The first-order valence-electron chi connectivity index (χ1n) is 7.63. The molecule has 2 amide bonds. The Morgan fingerprint density at radius 3 is 2.78 bits per heavy atom. The fourth-order valence-corrected chi connectivity index (χ4v) is 2.85. The number of carbonyl (C=O) groups excluding carboxylic acids is 2. The molecule has 0 spiro atoms. The highest BCUT2D eigenvalue weighted by atomic mass is 16.2. The van der Waals surface area contributed by atoms with Crippen molar-refractivity contribution in [3.05, 3.63) is 41.6 Å². The van der Waals surface area contributed by atoms with Crippen LogP contribution < -0.4 is 10.2 Å². The van der Waals surface area contributed by atoms with Gasteiger partial charge in [-0.15, -0.1) is 0 Å².